The number of aliphatic hydroxyl groups excluding tert-OH is 1. The minimum Gasteiger partial charge on any atom is -0.493 e. The molecule has 2 aromatic carbocycles. The monoisotopic (exact) mass is 334 g/mol. The van der Waals surface area contributed by atoms with Gasteiger partial charge in [0.2, 0.25) is 0 Å². The van der Waals surface area contributed by atoms with Crippen LogP contribution in [0.2, 0.25) is 0 Å². The largest absolute Gasteiger partial charge is 0.493 e. The Hall–Kier alpha value is -1.32. The second-order valence-corrected chi connectivity index (χ2v) is 5.79. The second-order valence-electron chi connectivity index (χ2n) is 4.88. The fourth-order valence-corrected chi connectivity index (χ4v) is 2.62. The number of hydrogen-bond acceptors (Lipinski definition) is 2. The van der Waals surface area contributed by atoms with E-state index in [-0.39, 0.29) is 0 Å². The Bertz CT molecular complexity index is 608. The van der Waals surface area contributed by atoms with Crippen molar-refractivity contribution in [2.75, 3.05) is 6.61 Å². The summed E-state index contributed by atoms with van der Waals surface area (Å²) in [4.78, 5) is 0. The van der Waals surface area contributed by atoms with Crippen molar-refractivity contribution in [1.82, 2.24) is 0 Å². The zero-order chi connectivity index (χ0) is 14.7. The predicted molar refractivity (Wildman–Crippen MR) is 85.3 cm³/mol. The van der Waals surface area contributed by atoms with Crippen LogP contribution in [-0.4, -0.2) is 11.7 Å². The second kappa shape index (κ2) is 6.42. The summed E-state index contributed by atoms with van der Waals surface area (Å²) in [6.07, 6.45) is -0.686. The molecule has 0 saturated carbocycles. The van der Waals surface area contributed by atoms with Crippen molar-refractivity contribution in [3.8, 4) is 5.75 Å². The summed E-state index contributed by atoms with van der Waals surface area (Å²) < 4.78 is 6.55. The summed E-state index contributed by atoms with van der Waals surface area (Å²) in [5.74, 6) is 0.726. The molecule has 1 N–H and O–H groups in total. The van der Waals surface area contributed by atoms with Crippen molar-refractivity contribution in [3.63, 3.8) is 0 Å². The highest BCUT2D eigenvalue weighted by atomic mass is 79.9. The van der Waals surface area contributed by atoms with Crippen molar-refractivity contribution >= 4 is 15.9 Å². The van der Waals surface area contributed by atoms with E-state index in [2.05, 4.69) is 22.0 Å². The SMILES string of the molecule is CCOc1ccc(Br)cc1C(O)c1cc(C)ccc1C. The molecule has 0 aliphatic carbocycles. The third-order valence-corrected chi connectivity index (χ3v) is 3.79. The highest BCUT2D eigenvalue weighted by molar-refractivity contribution is 9.10. The molecule has 0 aliphatic heterocycles. The normalized spacial score (nSPS) is 12.2. The molecule has 0 spiro atoms. The van der Waals surface area contributed by atoms with Crippen molar-refractivity contribution in [2.45, 2.75) is 26.9 Å². The molecule has 20 heavy (non-hydrogen) atoms. The van der Waals surface area contributed by atoms with Gasteiger partial charge in [-0.1, -0.05) is 39.7 Å². The molecule has 0 aromatic heterocycles. The summed E-state index contributed by atoms with van der Waals surface area (Å²) in [7, 11) is 0. The Morgan fingerprint density at radius 1 is 1.10 bits per heavy atom. The van der Waals surface area contributed by atoms with Crippen molar-refractivity contribution in [1.29, 1.82) is 0 Å². The van der Waals surface area contributed by atoms with Crippen LogP contribution < -0.4 is 4.74 Å². The molecule has 2 rings (SSSR count). The van der Waals surface area contributed by atoms with E-state index in [1.165, 1.54) is 0 Å². The van der Waals surface area contributed by atoms with Gasteiger partial charge in [0.05, 0.1) is 6.61 Å². The van der Waals surface area contributed by atoms with Crippen LogP contribution >= 0.6 is 15.9 Å². The first-order chi connectivity index (χ1) is 9.52. The number of ether oxygens (including phenoxy) is 1. The Labute approximate surface area is 128 Å². The van der Waals surface area contributed by atoms with Crippen LogP contribution in [0.3, 0.4) is 0 Å². The average Bonchev–Trinajstić information content (AvgIpc) is 2.43. The topological polar surface area (TPSA) is 29.5 Å². The van der Waals surface area contributed by atoms with E-state index in [1.54, 1.807) is 0 Å². The molecular weight excluding hydrogens is 316 g/mol. The first-order valence-electron chi connectivity index (χ1n) is 6.70. The summed E-state index contributed by atoms with van der Waals surface area (Å²) in [5, 5.41) is 10.7. The van der Waals surface area contributed by atoms with Gasteiger partial charge in [-0.05, 0) is 50.1 Å². The van der Waals surface area contributed by atoms with Crippen LogP contribution in [0.1, 0.15) is 35.3 Å². The number of aryl methyl sites for hydroxylation is 2. The van der Waals surface area contributed by atoms with Crippen LogP contribution in [0.15, 0.2) is 40.9 Å². The summed E-state index contributed by atoms with van der Waals surface area (Å²) >= 11 is 3.45. The van der Waals surface area contributed by atoms with E-state index < -0.39 is 6.10 Å². The number of aliphatic hydroxyl groups is 1. The number of rotatable bonds is 4. The van der Waals surface area contributed by atoms with Crippen LogP contribution in [0, 0.1) is 13.8 Å². The first-order valence-corrected chi connectivity index (χ1v) is 7.49. The maximum Gasteiger partial charge on any atom is 0.125 e. The van der Waals surface area contributed by atoms with Gasteiger partial charge in [0.25, 0.3) is 0 Å². The smallest absolute Gasteiger partial charge is 0.125 e. The van der Waals surface area contributed by atoms with Gasteiger partial charge in [-0.3, -0.25) is 0 Å². The van der Waals surface area contributed by atoms with Crippen molar-refractivity contribution < 1.29 is 9.84 Å². The average molecular weight is 335 g/mol. The quantitative estimate of drug-likeness (QED) is 0.888. The molecule has 0 aliphatic rings. The Morgan fingerprint density at radius 2 is 1.85 bits per heavy atom. The molecule has 106 valence electrons. The van der Waals surface area contributed by atoms with Gasteiger partial charge < -0.3 is 9.84 Å². The molecule has 0 fully saturated rings. The fourth-order valence-electron chi connectivity index (χ4n) is 2.24. The van der Waals surface area contributed by atoms with E-state index in [4.69, 9.17) is 4.74 Å². The fraction of sp³-hybridized carbons (Fsp3) is 0.294. The van der Waals surface area contributed by atoms with E-state index in [0.29, 0.717) is 6.61 Å². The van der Waals surface area contributed by atoms with Gasteiger partial charge in [-0.25, -0.2) is 0 Å². The van der Waals surface area contributed by atoms with Gasteiger partial charge in [-0.15, -0.1) is 0 Å². The van der Waals surface area contributed by atoms with Gasteiger partial charge in [0, 0.05) is 10.0 Å². The molecule has 0 amide bonds. The van der Waals surface area contributed by atoms with Crippen molar-refractivity contribution in [3.05, 3.63) is 63.1 Å². The predicted octanol–water partition coefficient (Wildman–Crippen LogP) is 4.55. The van der Waals surface area contributed by atoms with Gasteiger partial charge in [0.15, 0.2) is 0 Å². The number of hydrogen-bond donors (Lipinski definition) is 1. The Kier molecular flexibility index (Phi) is 4.84. The zero-order valence-electron chi connectivity index (χ0n) is 12.0. The van der Waals surface area contributed by atoms with Crippen LogP contribution in [0.5, 0.6) is 5.75 Å². The molecule has 2 aromatic rings. The maximum atomic E-state index is 10.7. The summed E-state index contributed by atoms with van der Waals surface area (Å²) in [6, 6.07) is 11.8. The highest BCUT2D eigenvalue weighted by Gasteiger charge is 2.18. The number of halogens is 1. The van der Waals surface area contributed by atoms with Gasteiger partial charge in [0.1, 0.15) is 11.9 Å². The molecule has 0 radical (unpaired) electrons. The third-order valence-electron chi connectivity index (χ3n) is 3.30. The van der Waals surface area contributed by atoms with E-state index in [1.807, 2.05) is 51.1 Å². The molecule has 0 bridgehead atoms. The molecule has 1 atom stereocenters. The van der Waals surface area contributed by atoms with E-state index >= 15 is 0 Å². The molecule has 1 unspecified atom stereocenters. The van der Waals surface area contributed by atoms with Crippen LogP contribution in [0.25, 0.3) is 0 Å². The van der Waals surface area contributed by atoms with Crippen LogP contribution in [0.4, 0.5) is 0 Å². The van der Waals surface area contributed by atoms with Gasteiger partial charge >= 0.3 is 0 Å². The maximum absolute atomic E-state index is 10.7. The summed E-state index contributed by atoms with van der Waals surface area (Å²) in [5.41, 5.74) is 3.92. The lowest BCUT2D eigenvalue weighted by Gasteiger charge is -2.18. The van der Waals surface area contributed by atoms with E-state index in [0.717, 1.165) is 32.5 Å². The molecule has 2 nitrogen and oxygen atoms in total. The number of benzene rings is 2. The van der Waals surface area contributed by atoms with Gasteiger partial charge in [-0.2, -0.15) is 0 Å². The Balaban J connectivity index is 2.49. The molecule has 0 heterocycles. The first kappa shape index (κ1) is 15.1. The Morgan fingerprint density at radius 3 is 2.55 bits per heavy atom. The molecule has 0 saturated heterocycles. The van der Waals surface area contributed by atoms with Crippen molar-refractivity contribution in [2.24, 2.45) is 0 Å². The highest BCUT2D eigenvalue weighted by Crippen LogP contribution is 2.34. The standard InChI is InChI=1S/C17H19BrO2/c1-4-20-16-8-7-13(18)10-15(16)17(19)14-9-11(2)5-6-12(14)3/h5-10,17,19H,4H2,1-3H3. The van der Waals surface area contributed by atoms with E-state index in [9.17, 15) is 5.11 Å². The zero-order valence-corrected chi connectivity index (χ0v) is 13.6. The lowest BCUT2D eigenvalue weighted by molar-refractivity contribution is 0.211. The molecule has 3 heteroatoms. The third kappa shape index (κ3) is 3.22. The van der Waals surface area contributed by atoms with Crippen LogP contribution in [-0.2, 0) is 0 Å². The summed E-state index contributed by atoms with van der Waals surface area (Å²) in [6.45, 7) is 6.56. The molecular formula is C17H19BrO2. The minimum atomic E-state index is -0.686. The lowest BCUT2D eigenvalue weighted by atomic mass is 9.95. The lowest BCUT2D eigenvalue weighted by Crippen LogP contribution is -2.06. The minimum absolute atomic E-state index is 0.578.